The van der Waals surface area contributed by atoms with Crippen molar-refractivity contribution in [2.45, 2.75) is 173 Å². The Morgan fingerprint density at radius 2 is 1.38 bits per heavy atom. The summed E-state index contributed by atoms with van der Waals surface area (Å²) < 4.78 is 23.3. The number of hydrogen-bond donors (Lipinski definition) is 10. The van der Waals surface area contributed by atoms with Crippen molar-refractivity contribution in [3.8, 4) is 0 Å². The SMILES string of the molecule is CC1(C)CC[C@]2(C(=O)O[C@@H]3O[C@H](CO)[C@@H](O)[C@H](O)[C@H]3O)CC[C@]3(C)C(=CC[C@@H]4[C@@]5(C)CC[C@H](O[C@@H]6O[C@H](C(=O)O)[C@@H](O)[C@H](O)[C@H]6O)[C@](C)(CO)C5CC[C@]43C)C2[C@@H]1O. The summed E-state index contributed by atoms with van der Waals surface area (Å²) in [4.78, 5) is 26.4. The molecule has 58 heavy (non-hydrogen) atoms. The summed E-state index contributed by atoms with van der Waals surface area (Å²) in [6.07, 6.45) is -11.0. The summed E-state index contributed by atoms with van der Waals surface area (Å²) in [5.74, 6) is -2.78. The van der Waals surface area contributed by atoms with E-state index in [1.165, 1.54) is 0 Å². The van der Waals surface area contributed by atoms with Gasteiger partial charge < -0.3 is 70.0 Å². The van der Waals surface area contributed by atoms with Gasteiger partial charge >= 0.3 is 11.9 Å². The Kier molecular flexibility index (Phi) is 11.4. The molecule has 0 aromatic carbocycles. The van der Waals surface area contributed by atoms with Gasteiger partial charge in [0.2, 0.25) is 6.29 Å². The van der Waals surface area contributed by atoms with Gasteiger partial charge in [0.05, 0.1) is 30.8 Å². The van der Waals surface area contributed by atoms with Crippen molar-refractivity contribution in [1.82, 2.24) is 0 Å². The van der Waals surface area contributed by atoms with Gasteiger partial charge in [0.1, 0.15) is 42.7 Å². The molecule has 6 fully saturated rings. The molecule has 0 aromatic rings. The second-order valence-corrected chi connectivity index (χ2v) is 20.5. The van der Waals surface area contributed by atoms with E-state index in [1.807, 2.05) is 20.8 Å². The number of aliphatic carboxylic acids is 1. The fraction of sp³-hybridized carbons (Fsp3) is 0.905. The van der Waals surface area contributed by atoms with Gasteiger partial charge in [0, 0.05) is 11.3 Å². The quantitative estimate of drug-likeness (QED) is 0.0943. The number of esters is 1. The van der Waals surface area contributed by atoms with Gasteiger partial charge in [-0.05, 0) is 91.3 Å². The van der Waals surface area contributed by atoms with E-state index >= 15 is 0 Å². The first-order valence-electron chi connectivity index (χ1n) is 21.1. The van der Waals surface area contributed by atoms with Gasteiger partial charge in [0.25, 0.3) is 0 Å². The Labute approximate surface area is 339 Å². The number of ether oxygens (including phenoxy) is 4. The van der Waals surface area contributed by atoms with Crippen LogP contribution >= 0.6 is 0 Å². The van der Waals surface area contributed by atoms with E-state index in [1.54, 1.807) is 0 Å². The van der Waals surface area contributed by atoms with Gasteiger partial charge in [-0.25, -0.2) is 4.79 Å². The van der Waals surface area contributed by atoms with Crippen LogP contribution in [-0.4, -0.2) is 150 Å². The molecule has 2 heterocycles. The second-order valence-electron chi connectivity index (χ2n) is 20.5. The minimum absolute atomic E-state index is 0.0812. The van der Waals surface area contributed by atoms with E-state index in [2.05, 4.69) is 26.8 Å². The van der Waals surface area contributed by atoms with Crippen molar-refractivity contribution < 1.29 is 79.6 Å². The van der Waals surface area contributed by atoms with E-state index in [4.69, 9.17) is 18.9 Å². The van der Waals surface area contributed by atoms with Crippen LogP contribution in [0.15, 0.2) is 11.6 Å². The molecular formula is C42H66O16. The number of aliphatic hydroxyl groups excluding tert-OH is 9. The molecule has 5 aliphatic carbocycles. The summed E-state index contributed by atoms with van der Waals surface area (Å²) in [6, 6.07) is 0. The number of rotatable bonds is 7. The number of carbonyl (C=O) groups excluding carboxylic acids is 1. The van der Waals surface area contributed by atoms with Crippen LogP contribution in [0.25, 0.3) is 0 Å². The van der Waals surface area contributed by atoms with Crippen LogP contribution in [0.1, 0.15) is 99.3 Å². The molecule has 7 aliphatic rings. The second kappa shape index (κ2) is 14.9. The van der Waals surface area contributed by atoms with Crippen molar-refractivity contribution in [3.63, 3.8) is 0 Å². The maximum absolute atomic E-state index is 14.6. The third-order valence-corrected chi connectivity index (χ3v) is 17.5. The lowest BCUT2D eigenvalue weighted by atomic mass is 9.33. The van der Waals surface area contributed by atoms with E-state index < -0.39 is 120 Å². The first-order chi connectivity index (χ1) is 27.0. The van der Waals surface area contributed by atoms with Crippen molar-refractivity contribution in [1.29, 1.82) is 0 Å². The van der Waals surface area contributed by atoms with Gasteiger partial charge in [-0.3, -0.25) is 4.79 Å². The van der Waals surface area contributed by atoms with Gasteiger partial charge in [-0.15, -0.1) is 0 Å². The van der Waals surface area contributed by atoms with Crippen LogP contribution in [-0.2, 0) is 28.5 Å². The topological polar surface area (TPSA) is 273 Å². The molecule has 2 unspecified atom stereocenters. The molecule has 0 amide bonds. The molecular weight excluding hydrogens is 760 g/mol. The van der Waals surface area contributed by atoms with E-state index in [0.29, 0.717) is 51.4 Å². The highest BCUT2D eigenvalue weighted by Gasteiger charge is 2.71. The van der Waals surface area contributed by atoms with Crippen LogP contribution in [0.4, 0.5) is 0 Å². The van der Waals surface area contributed by atoms with Crippen molar-refractivity contribution in [2.24, 2.45) is 50.2 Å². The Morgan fingerprint density at radius 3 is 2.02 bits per heavy atom. The van der Waals surface area contributed by atoms with Gasteiger partial charge in [-0.1, -0.05) is 53.2 Å². The molecule has 0 spiro atoms. The zero-order chi connectivity index (χ0) is 42.7. The lowest BCUT2D eigenvalue weighted by Gasteiger charge is -2.71. The molecule has 4 saturated carbocycles. The zero-order valence-electron chi connectivity index (χ0n) is 34.4. The summed E-state index contributed by atoms with van der Waals surface area (Å²) in [5, 5.41) is 106. The van der Waals surface area contributed by atoms with E-state index in [0.717, 1.165) is 12.0 Å². The van der Waals surface area contributed by atoms with Crippen LogP contribution in [0.5, 0.6) is 0 Å². The highest BCUT2D eigenvalue weighted by molar-refractivity contribution is 5.79. The molecule has 0 bridgehead atoms. The molecule has 2 saturated heterocycles. The summed E-state index contributed by atoms with van der Waals surface area (Å²) in [6.45, 7) is 11.8. The van der Waals surface area contributed by atoms with Crippen LogP contribution in [0, 0.1) is 50.2 Å². The smallest absolute Gasteiger partial charge is 0.335 e. The first kappa shape index (κ1) is 44.3. The lowest BCUT2D eigenvalue weighted by molar-refractivity contribution is -0.327. The average molecular weight is 827 g/mol. The predicted molar refractivity (Wildman–Crippen MR) is 201 cm³/mol. The number of fused-ring (bicyclic) bond motifs is 7. The lowest BCUT2D eigenvalue weighted by Crippen LogP contribution is -2.68. The molecule has 7 rings (SSSR count). The molecule has 0 radical (unpaired) electrons. The first-order valence-corrected chi connectivity index (χ1v) is 21.1. The number of aliphatic hydroxyl groups is 9. The Morgan fingerprint density at radius 1 is 0.741 bits per heavy atom. The maximum atomic E-state index is 14.6. The third kappa shape index (κ3) is 6.21. The van der Waals surface area contributed by atoms with Crippen LogP contribution < -0.4 is 0 Å². The Balaban J connectivity index is 1.19. The number of carboxylic acids is 1. The van der Waals surface area contributed by atoms with E-state index in [-0.39, 0.29) is 29.3 Å². The minimum Gasteiger partial charge on any atom is -0.479 e. The van der Waals surface area contributed by atoms with Crippen molar-refractivity contribution in [2.75, 3.05) is 13.2 Å². The number of allylic oxidation sites excluding steroid dienone is 1. The summed E-state index contributed by atoms with van der Waals surface area (Å²) in [5.41, 5.74) is -2.70. The van der Waals surface area contributed by atoms with Gasteiger partial charge in [0.15, 0.2) is 12.4 Å². The third-order valence-electron chi connectivity index (χ3n) is 17.5. The highest BCUT2D eigenvalue weighted by atomic mass is 16.7. The molecule has 16 heteroatoms. The molecule has 20 atom stereocenters. The normalized spacial score (nSPS) is 53.8. The maximum Gasteiger partial charge on any atom is 0.335 e. The Bertz CT molecular complexity index is 1620. The van der Waals surface area contributed by atoms with Crippen molar-refractivity contribution in [3.05, 3.63) is 11.6 Å². The summed E-state index contributed by atoms with van der Waals surface area (Å²) >= 11 is 0. The number of carbonyl (C=O) groups is 2. The minimum atomic E-state index is -1.85. The standard InChI is InChI=1S/C42H66O16/c1-37(2)13-15-42(36(54)58-34-29(49)26(46)25(45)20(17-43)55-34)16-14-40(5)19(24(42)32(37)51)7-8-22-38(3)11-10-23(39(4,18-44)21(38)9-12-41(22,40)6)56-35-30(50)27(47)28(48)31(57-35)33(52)53/h7,20-32,34-35,43-51H,8-18H2,1-6H3,(H,52,53)/t20-,21?,22-,23+,24?,25-,26+,27+,28+,29-,30-,31+,32+,34+,35-,38+,39-,40-,41-,42+/m1/s1. The highest BCUT2D eigenvalue weighted by Crippen LogP contribution is 2.76. The van der Waals surface area contributed by atoms with Crippen LogP contribution in [0.2, 0.25) is 0 Å². The average Bonchev–Trinajstić information content (AvgIpc) is 3.17. The number of hydrogen-bond acceptors (Lipinski definition) is 15. The Hall–Kier alpha value is -1.80. The van der Waals surface area contributed by atoms with Crippen molar-refractivity contribution >= 4 is 11.9 Å². The molecule has 330 valence electrons. The van der Waals surface area contributed by atoms with Crippen LogP contribution in [0.3, 0.4) is 0 Å². The molecule has 0 aromatic heterocycles. The van der Waals surface area contributed by atoms with E-state index in [9.17, 15) is 60.7 Å². The fourth-order valence-corrected chi connectivity index (χ4v) is 13.5. The monoisotopic (exact) mass is 826 g/mol. The summed E-state index contributed by atoms with van der Waals surface area (Å²) in [7, 11) is 0. The number of carboxylic acid groups (broad SMARTS) is 1. The fourth-order valence-electron chi connectivity index (χ4n) is 13.5. The molecule has 10 N–H and O–H groups in total. The predicted octanol–water partition coefficient (Wildman–Crippen LogP) is 0.352. The van der Waals surface area contributed by atoms with Gasteiger partial charge in [-0.2, -0.15) is 0 Å². The largest absolute Gasteiger partial charge is 0.479 e. The molecule has 2 aliphatic heterocycles. The zero-order valence-corrected chi connectivity index (χ0v) is 34.4. The molecule has 16 nitrogen and oxygen atoms in total.